The minimum Gasteiger partial charge on any atom is -0.354 e. The Morgan fingerprint density at radius 1 is 1.00 bits per heavy atom. The minimum absolute atomic E-state index is 0.146. The molecule has 4 rings (SSSR count). The molecule has 176 valence electrons. The maximum atomic E-state index is 13.4. The van der Waals surface area contributed by atoms with Crippen LogP contribution >= 0.6 is 23.1 Å². The van der Waals surface area contributed by atoms with Gasteiger partial charge in [-0.05, 0) is 61.4 Å². The molecule has 0 fully saturated rings. The molecule has 0 aliphatic rings. The average molecular weight is 512 g/mol. The lowest BCUT2D eigenvalue weighted by molar-refractivity contribution is -0.119. The Balaban J connectivity index is 1.44. The molecule has 6 nitrogen and oxygen atoms in total. The molecule has 0 radical (unpaired) electrons. The quantitative estimate of drug-likeness (QED) is 0.252. The van der Waals surface area contributed by atoms with Gasteiger partial charge in [0, 0.05) is 12.3 Å². The molecule has 34 heavy (non-hydrogen) atoms. The van der Waals surface area contributed by atoms with E-state index in [1.807, 2.05) is 44.2 Å². The monoisotopic (exact) mass is 511 g/mol. The average Bonchev–Trinajstić information content (AvgIpc) is 3.25. The topological polar surface area (TPSA) is 79.4 Å². The van der Waals surface area contributed by atoms with E-state index in [-0.39, 0.29) is 17.3 Å². The Bertz CT molecular complexity index is 1370. The lowest BCUT2D eigenvalue weighted by Crippen LogP contribution is -2.41. The van der Waals surface area contributed by atoms with Gasteiger partial charge in [0.15, 0.2) is 4.34 Å². The molecule has 0 atom stereocenters. The fourth-order valence-electron chi connectivity index (χ4n) is 3.34. The first-order valence-electron chi connectivity index (χ1n) is 10.7. The van der Waals surface area contributed by atoms with Crippen molar-refractivity contribution in [2.75, 3.05) is 23.1 Å². The summed E-state index contributed by atoms with van der Waals surface area (Å²) in [4.78, 5) is 17.5. The first-order valence-corrected chi connectivity index (χ1v) is 14.0. The summed E-state index contributed by atoms with van der Waals surface area (Å²) in [5.41, 5.74) is 3.44. The molecule has 9 heteroatoms. The van der Waals surface area contributed by atoms with Crippen LogP contribution < -0.4 is 9.62 Å². The molecule has 0 aliphatic heterocycles. The van der Waals surface area contributed by atoms with Gasteiger partial charge in [-0.15, -0.1) is 11.3 Å². The second-order valence-corrected chi connectivity index (χ2v) is 12.0. The summed E-state index contributed by atoms with van der Waals surface area (Å²) in [6.07, 6.45) is 0. The van der Waals surface area contributed by atoms with Crippen molar-refractivity contribution in [2.45, 2.75) is 23.1 Å². The zero-order chi connectivity index (χ0) is 24.1. The van der Waals surface area contributed by atoms with Gasteiger partial charge in [-0.2, -0.15) is 0 Å². The summed E-state index contributed by atoms with van der Waals surface area (Å²) in [6, 6.07) is 21.5. The maximum Gasteiger partial charge on any atom is 0.264 e. The van der Waals surface area contributed by atoms with Crippen LogP contribution in [0, 0.1) is 13.8 Å². The maximum absolute atomic E-state index is 13.4. The molecule has 0 unspecified atom stereocenters. The van der Waals surface area contributed by atoms with Gasteiger partial charge in [0.1, 0.15) is 6.54 Å². The molecular weight excluding hydrogens is 486 g/mol. The molecule has 0 aliphatic carbocycles. The molecule has 1 amide bonds. The highest BCUT2D eigenvalue weighted by Gasteiger charge is 2.27. The fourth-order valence-corrected chi connectivity index (χ4v) is 6.77. The third kappa shape index (κ3) is 5.60. The lowest BCUT2D eigenvalue weighted by Gasteiger charge is -2.24. The minimum atomic E-state index is -3.91. The number of nitrogens with zero attached hydrogens (tertiary/aromatic N) is 2. The standard InChI is InChI=1S/C25H25N3O3S3/c1-18-12-13-20(16-19(18)2)28(34(30,31)21-8-4-3-5-9-21)17-24(29)26-14-15-32-25-27-22-10-6-7-11-23(22)33-25/h3-13,16H,14-15,17H2,1-2H3,(H,26,29). The summed E-state index contributed by atoms with van der Waals surface area (Å²) < 4.78 is 30.0. The number of aryl methyl sites for hydroxylation is 2. The summed E-state index contributed by atoms with van der Waals surface area (Å²) in [6.45, 7) is 3.99. The zero-order valence-electron chi connectivity index (χ0n) is 18.9. The third-order valence-corrected chi connectivity index (χ3v) is 9.29. The lowest BCUT2D eigenvalue weighted by atomic mass is 10.1. The van der Waals surface area contributed by atoms with E-state index >= 15 is 0 Å². The van der Waals surface area contributed by atoms with Crippen molar-refractivity contribution < 1.29 is 13.2 Å². The number of aromatic nitrogens is 1. The second kappa shape index (κ2) is 10.6. The second-order valence-electron chi connectivity index (χ2n) is 7.74. The Morgan fingerprint density at radius 2 is 1.74 bits per heavy atom. The first-order chi connectivity index (χ1) is 16.3. The van der Waals surface area contributed by atoms with Crippen LogP contribution in [-0.2, 0) is 14.8 Å². The van der Waals surface area contributed by atoms with Crippen molar-refractivity contribution >= 4 is 54.9 Å². The molecule has 0 saturated carbocycles. The number of anilines is 1. The fraction of sp³-hybridized carbons (Fsp3) is 0.200. The van der Waals surface area contributed by atoms with E-state index in [9.17, 15) is 13.2 Å². The number of fused-ring (bicyclic) bond motifs is 1. The zero-order valence-corrected chi connectivity index (χ0v) is 21.3. The summed E-state index contributed by atoms with van der Waals surface area (Å²) in [5, 5.41) is 2.85. The number of thioether (sulfide) groups is 1. The highest BCUT2D eigenvalue weighted by atomic mass is 32.2. The largest absolute Gasteiger partial charge is 0.354 e. The highest BCUT2D eigenvalue weighted by Crippen LogP contribution is 2.29. The van der Waals surface area contributed by atoms with Gasteiger partial charge < -0.3 is 5.32 Å². The number of para-hydroxylation sites is 1. The molecule has 0 spiro atoms. The van der Waals surface area contributed by atoms with Crippen LogP contribution in [0.3, 0.4) is 0 Å². The van der Waals surface area contributed by atoms with Crippen molar-refractivity contribution in [1.82, 2.24) is 10.3 Å². The predicted octanol–water partition coefficient (Wildman–Crippen LogP) is 5.02. The van der Waals surface area contributed by atoms with Crippen molar-refractivity contribution in [3.8, 4) is 0 Å². The van der Waals surface area contributed by atoms with E-state index in [4.69, 9.17) is 0 Å². The molecule has 0 bridgehead atoms. The first kappa shape index (κ1) is 24.3. The van der Waals surface area contributed by atoms with Crippen LogP contribution in [0.4, 0.5) is 5.69 Å². The number of hydrogen-bond acceptors (Lipinski definition) is 6. The van der Waals surface area contributed by atoms with Gasteiger partial charge in [0.05, 0.1) is 20.8 Å². The summed E-state index contributed by atoms with van der Waals surface area (Å²) in [7, 11) is -3.91. The van der Waals surface area contributed by atoms with Crippen molar-refractivity contribution in [3.63, 3.8) is 0 Å². The van der Waals surface area contributed by atoms with E-state index in [2.05, 4.69) is 10.3 Å². The van der Waals surface area contributed by atoms with Crippen molar-refractivity contribution in [1.29, 1.82) is 0 Å². The number of hydrogen-bond donors (Lipinski definition) is 1. The Morgan fingerprint density at radius 3 is 2.47 bits per heavy atom. The normalized spacial score (nSPS) is 11.5. The van der Waals surface area contributed by atoms with Gasteiger partial charge in [0.2, 0.25) is 5.91 Å². The molecular formula is C25H25N3O3S3. The molecule has 1 aromatic heterocycles. The Kier molecular flexibility index (Phi) is 7.55. The van der Waals surface area contributed by atoms with Crippen molar-refractivity contribution in [2.24, 2.45) is 0 Å². The van der Waals surface area contributed by atoms with Gasteiger partial charge in [0.25, 0.3) is 10.0 Å². The van der Waals surface area contributed by atoms with Crippen LogP contribution in [-0.4, -0.2) is 38.2 Å². The summed E-state index contributed by atoms with van der Waals surface area (Å²) in [5.74, 6) is 0.281. The number of nitrogens with one attached hydrogen (secondary N) is 1. The van der Waals surface area contributed by atoms with Crippen LogP contribution in [0.5, 0.6) is 0 Å². The van der Waals surface area contributed by atoms with Crippen LogP contribution in [0.1, 0.15) is 11.1 Å². The molecule has 1 N–H and O–H groups in total. The molecule has 3 aromatic carbocycles. The van der Waals surface area contributed by atoms with E-state index in [0.29, 0.717) is 18.0 Å². The Labute approximate surface area is 208 Å². The van der Waals surface area contributed by atoms with Gasteiger partial charge >= 0.3 is 0 Å². The van der Waals surface area contributed by atoms with E-state index in [1.165, 1.54) is 16.4 Å². The SMILES string of the molecule is Cc1ccc(N(CC(=O)NCCSc2nc3ccccc3s2)S(=O)(=O)c2ccccc2)cc1C. The third-order valence-electron chi connectivity index (χ3n) is 5.32. The molecule has 1 heterocycles. The van der Waals surface area contributed by atoms with Crippen LogP contribution in [0.15, 0.2) is 82.0 Å². The van der Waals surface area contributed by atoms with Crippen molar-refractivity contribution in [3.05, 3.63) is 83.9 Å². The van der Waals surface area contributed by atoms with Gasteiger partial charge in [-0.25, -0.2) is 13.4 Å². The van der Waals surface area contributed by atoms with Gasteiger partial charge in [-0.1, -0.05) is 48.2 Å². The van der Waals surface area contributed by atoms with Crippen LogP contribution in [0.25, 0.3) is 10.2 Å². The molecule has 0 saturated heterocycles. The van der Waals surface area contributed by atoms with E-state index in [1.54, 1.807) is 53.4 Å². The number of carbonyl (C=O) groups excluding carboxylic acids is 1. The van der Waals surface area contributed by atoms with E-state index < -0.39 is 10.0 Å². The number of rotatable bonds is 9. The predicted molar refractivity (Wildman–Crippen MR) is 140 cm³/mol. The smallest absolute Gasteiger partial charge is 0.264 e. The molecule has 4 aromatic rings. The van der Waals surface area contributed by atoms with Crippen LogP contribution in [0.2, 0.25) is 0 Å². The van der Waals surface area contributed by atoms with E-state index in [0.717, 1.165) is 25.7 Å². The number of carbonyl (C=O) groups is 1. The summed E-state index contributed by atoms with van der Waals surface area (Å²) >= 11 is 3.19. The number of thiazole rings is 1. The number of benzene rings is 3. The number of amides is 1. The Hall–Kier alpha value is -2.88. The van der Waals surface area contributed by atoms with Gasteiger partial charge in [-0.3, -0.25) is 9.10 Å². The highest BCUT2D eigenvalue weighted by molar-refractivity contribution is 8.01. The number of sulfonamides is 1.